The number of carbonyl (C=O) groups is 4. The van der Waals surface area contributed by atoms with Crippen molar-refractivity contribution in [2.45, 2.75) is 149 Å². The predicted octanol–water partition coefficient (Wildman–Crippen LogP) is 5.80. The van der Waals surface area contributed by atoms with E-state index in [9.17, 15) is 39.6 Å². The number of aliphatic hydroxyl groups is 2. The zero-order chi connectivity index (χ0) is 52.8. The highest BCUT2D eigenvalue weighted by Gasteiger charge is 2.50. The normalized spacial score (nSPS) is 32.1. The fourth-order valence-corrected chi connectivity index (χ4v) is 11.8. The number of amides is 3. The Morgan fingerprint density at radius 2 is 1.58 bits per heavy atom. The lowest BCUT2D eigenvalue weighted by Gasteiger charge is -2.41. The summed E-state index contributed by atoms with van der Waals surface area (Å²) in [6, 6.07) is 0.0435. The molecule has 2 aromatic rings. The number of carbonyl (C=O) groups excluding carboxylic acids is 4. The van der Waals surface area contributed by atoms with Gasteiger partial charge in [-0.25, -0.2) is 4.79 Å². The van der Waals surface area contributed by atoms with Gasteiger partial charge < -0.3 is 59.4 Å². The Morgan fingerprint density at radius 1 is 0.890 bits per heavy atom. The van der Waals surface area contributed by atoms with E-state index in [-0.39, 0.29) is 67.3 Å². The third kappa shape index (κ3) is 10.3. The number of phenolic OH excluding ortho intramolecular Hbond substituents is 2. The average molecular weight is 1010 g/mol. The van der Waals surface area contributed by atoms with Gasteiger partial charge in [0.25, 0.3) is 11.7 Å². The van der Waals surface area contributed by atoms with E-state index >= 15 is 0 Å². The van der Waals surface area contributed by atoms with Gasteiger partial charge in [-0.1, -0.05) is 59.8 Å². The maximum Gasteiger partial charge on any atom is 0.410 e. The Hall–Kier alpha value is -5.56. The molecule has 18 heteroatoms. The number of Topliss-reactive ketones (excluding diaryl/α,β-unsaturated/α-hetero) is 1. The first kappa shape index (κ1) is 53.7. The minimum atomic E-state index is -2.00. The zero-order valence-electron chi connectivity index (χ0n) is 44.1. The molecule has 5 bridgehead atoms. The highest BCUT2D eigenvalue weighted by Crippen LogP contribution is 2.50. The Kier molecular flexibility index (Phi) is 15.7. The number of allylic oxidation sites excluding steroid dienone is 2. The molecular formula is C55H76N6O12. The molecule has 1 spiro atoms. The summed E-state index contributed by atoms with van der Waals surface area (Å²) < 4.78 is 25.0. The van der Waals surface area contributed by atoms with Crippen molar-refractivity contribution in [1.29, 1.82) is 0 Å². The second kappa shape index (κ2) is 21.4. The second-order valence-electron chi connectivity index (χ2n) is 22.0. The number of hydrogen-bond donors (Lipinski definition) is 5. The number of rotatable bonds is 5. The molecule has 0 saturated carbocycles. The summed E-state index contributed by atoms with van der Waals surface area (Å²) in [6.45, 7) is 19.8. The molecule has 3 amide bonds. The maximum atomic E-state index is 15.0. The van der Waals surface area contributed by atoms with Gasteiger partial charge in [0.1, 0.15) is 28.6 Å². The molecule has 3 fully saturated rings. The van der Waals surface area contributed by atoms with Crippen molar-refractivity contribution in [3.8, 4) is 17.2 Å². The van der Waals surface area contributed by atoms with Crippen molar-refractivity contribution in [3.63, 3.8) is 0 Å². The Bertz CT molecular complexity index is 2700. The lowest BCUT2D eigenvalue weighted by Crippen LogP contribution is -2.52. The van der Waals surface area contributed by atoms with Crippen molar-refractivity contribution in [2.75, 3.05) is 51.7 Å². The molecule has 2 aromatic carbocycles. The fraction of sp³-hybridized carbons (Fsp3) is 0.636. The Morgan fingerprint density at radius 3 is 2.23 bits per heavy atom. The van der Waals surface area contributed by atoms with E-state index < -0.39 is 83.1 Å². The highest BCUT2D eigenvalue weighted by molar-refractivity contribution is 6.19. The topological polar surface area (TPSA) is 233 Å². The SMILES string of the molecule is CO[C@H]1/C=C/O[C@@]2(C)Oc3c(C)c(O)c4c(O)c(c5c(c4c3C2=O)=NC2(CCN(CC(C)C)CC2)N=5)NC(=O)/C(C)=C\C=C\[C@H](C)[C@H](O)[C@@H](C)[C@@H](O)[C@@H](C)[C@H](OC(=O)N2CCC(N3CCCCC3=O)CC2)[C@@H]1C. The molecule has 3 saturated heterocycles. The lowest BCUT2D eigenvalue weighted by atomic mass is 9.78. The van der Waals surface area contributed by atoms with Crippen LogP contribution < -0.4 is 20.8 Å². The molecule has 7 aliphatic heterocycles. The van der Waals surface area contributed by atoms with E-state index in [4.69, 9.17) is 28.9 Å². The Labute approximate surface area is 427 Å². The van der Waals surface area contributed by atoms with Gasteiger partial charge in [0.2, 0.25) is 5.91 Å². The van der Waals surface area contributed by atoms with Crippen LogP contribution in [0.5, 0.6) is 17.2 Å². The van der Waals surface area contributed by atoms with Gasteiger partial charge in [-0.05, 0) is 51.5 Å². The molecule has 0 aromatic heterocycles. The van der Waals surface area contributed by atoms with Crippen molar-refractivity contribution in [3.05, 3.63) is 58.0 Å². The molecular weight excluding hydrogens is 937 g/mol. The number of ether oxygens (including phenoxy) is 4. The molecule has 0 radical (unpaired) electrons. The third-order valence-corrected chi connectivity index (χ3v) is 16.3. The van der Waals surface area contributed by atoms with Crippen LogP contribution in [0, 0.1) is 36.5 Å². The lowest BCUT2D eigenvalue weighted by molar-refractivity contribution is -0.136. The molecule has 7 heterocycles. The van der Waals surface area contributed by atoms with Gasteiger partial charge in [-0.2, -0.15) is 0 Å². The average Bonchev–Trinajstić information content (AvgIpc) is 3.87. The molecule has 0 aliphatic carbocycles. The van der Waals surface area contributed by atoms with Crippen LogP contribution in [-0.2, 0) is 23.8 Å². The number of anilines is 1. The van der Waals surface area contributed by atoms with Gasteiger partial charge in [0.05, 0.1) is 40.9 Å². The number of aliphatic hydroxyl groups excluding tert-OH is 2. The monoisotopic (exact) mass is 1010 g/mol. The number of hydrogen-bond acceptors (Lipinski definition) is 15. The number of benzene rings is 2. The first-order chi connectivity index (χ1) is 34.6. The number of fused-ring (bicyclic) bond motifs is 13. The predicted molar refractivity (Wildman–Crippen MR) is 273 cm³/mol. The van der Waals surface area contributed by atoms with Crippen LogP contribution in [0.2, 0.25) is 0 Å². The first-order valence-corrected chi connectivity index (χ1v) is 26.2. The number of aromatic hydroxyl groups is 2. The van der Waals surface area contributed by atoms with Gasteiger partial charge in [-0.3, -0.25) is 24.4 Å². The van der Waals surface area contributed by atoms with Crippen LogP contribution in [-0.4, -0.2) is 147 Å². The number of piperidine rings is 3. The van der Waals surface area contributed by atoms with E-state index in [1.165, 1.54) is 20.3 Å². The van der Waals surface area contributed by atoms with Gasteiger partial charge >= 0.3 is 11.9 Å². The molecule has 73 heavy (non-hydrogen) atoms. The molecule has 9 atom stereocenters. The summed E-state index contributed by atoms with van der Waals surface area (Å²) in [4.78, 5) is 72.2. The van der Waals surface area contributed by atoms with Crippen LogP contribution in [0.3, 0.4) is 0 Å². The molecule has 9 rings (SSSR count). The molecule has 18 nitrogen and oxygen atoms in total. The van der Waals surface area contributed by atoms with Gasteiger partial charge in [0.15, 0.2) is 11.4 Å². The minimum absolute atomic E-state index is 0.0259. The summed E-state index contributed by atoms with van der Waals surface area (Å²) >= 11 is 0. The first-order valence-electron chi connectivity index (χ1n) is 26.2. The van der Waals surface area contributed by atoms with Crippen LogP contribution in [0.15, 0.2) is 46.1 Å². The standard InChI is InChI=1S/C55H76N6O12/c1-29(2)28-59-25-20-55(21-26-59)57-42-39-40-47(65)35(8)50-41(39)51(67)54(9,73-50)71-27-19-37(70-10)32(5)49(72-53(69)60-23-17-36(18-24-60)61-22-12-11-16-38(61)62)34(7)46(64)33(6)45(63)30(3)14-13-15-31(4)52(68)56-44(48(40)66)43(42)58-55/h13-15,19,27,29-30,32-34,36-37,45-46,49,63-66H,11-12,16-18,20-26,28H2,1-10H3,(H,56,68)/b14-13+,27-19+,31-15-/t30-,32+,33+,34+,37-,45-,46+,49+,54-/m0/s1. The summed E-state index contributed by atoms with van der Waals surface area (Å²) in [5, 5.41) is 51.2. The van der Waals surface area contributed by atoms with E-state index in [0.717, 1.165) is 25.9 Å². The molecule has 398 valence electrons. The fourth-order valence-electron chi connectivity index (χ4n) is 11.8. The largest absolute Gasteiger partial charge is 0.507 e. The van der Waals surface area contributed by atoms with Crippen molar-refractivity contribution in [2.24, 2.45) is 39.6 Å². The van der Waals surface area contributed by atoms with E-state index in [2.05, 4.69) is 24.1 Å². The van der Waals surface area contributed by atoms with Crippen LogP contribution in [0.1, 0.15) is 116 Å². The van der Waals surface area contributed by atoms with E-state index in [1.54, 1.807) is 63.8 Å². The molecule has 5 N–H and O–H groups in total. The van der Waals surface area contributed by atoms with Crippen LogP contribution in [0.4, 0.5) is 10.5 Å². The maximum absolute atomic E-state index is 15.0. The number of nitrogens with one attached hydrogen (secondary N) is 1. The quantitative estimate of drug-likeness (QED) is 0.223. The zero-order valence-corrected chi connectivity index (χ0v) is 44.1. The number of ketones is 1. The third-order valence-electron chi connectivity index (χ3n) is 16.3. The summed E-state index contributed by atoms with van der Waals surface area (Å²) in [7, 11) is 1.48. The van der Waals surface area contributed by atoms with E-state index in [1.807, 2.05) is 11.8 Å². The number of methoxy groups -OCH3 is 1. The molecule has 7 aliphatic rings. The number of phenols is 2. The number of nitrogens with zero attached hydrogens (tertiary/aromatic N) is 5. The van der Waals surface area contributed by atoms with Gasteiger partial charge in [0, 0.05) is 119 Å². The van der Waals surface area contributed by atoms with Crippen molar-refractivity contribution < 1.29 is 58.6 Å². The Balaban J connectivity index is 1.18. The van der Waals surface area contributed by atoms with Gasteiger partial charge in [-0.15, -0.1) is 0 Å². The summed E-state index contributed by atoms with van der Waals surface area (Å²) in [5.74, 6) is -6.08. The van der Waals surface area contributed by atoms with Crippen LogP contribution >= 0.6 is 0 Å². The summed E-state index contributed by atoms with van der Waals surface area (Å²) in [6.07, 6.45) is 7.82. The summed E-state index contributed by atoms with van der Waals surface area (Å²) in [5.41, 5.74) is -0.629. The van der Waals surface area contributed by atoms with Crippen molar-refractivity contribution in [1.82, 2.24) is 14.7 Å². The highest BCUT2D eigenvalue weighted by atomic mass is 16.7. The smallest absolute Gasteiger partial charge is 0.410 e. The molecule has 0 unspecified atom stereocenters. The van der Waals surface area contributed by atoms with Crippen LogP contribution in [0.25, 0.3) is 10.8 Å². The van der Waals surface area contributed by atoms with E-state index in [0.29, 0.717) is 64.2 Å². The van der Waals surface area contributed by atoms with Crippen molar-refractivity contribution >= 4 is 40.2 Å². The minimum Gasteiger partial charge on any atom is -0.507 e. The second-order valence-corrected chi connectivity index (χ2v) is 22.0. The number of likely N-dealkylation sites (tertiary alicyclic amines) is 3.